The van der Waals surface area contributed by atoms with Gasteiger partial charge in [-0.1, -0.05) is 11.8 Å². The first-order valence-electron chi connectivity index (χ1n) is 4.10. The third-order valence-electron chi connectivity index (χ3n) is 1.64. The molecule has 4 heteroatoms. The largest absolute Gasteiger partial charge is 0.366 e. The Morgan fingerprint density at radius 1 is 1.53 bits per heavy atom. The SMILES string of the molecule is N#CCC#Cc1cc(F)ccc1C(N)=O. The zero-order chi connectivity index (χ0) is 11.3. The van der Waals surface area contributed by atoms with E-state index in [-0.39, 0.29) is 17.5 Å². The van der Waals surface area contributed by atoms with Gasteiger partial charge in [0.15, 0.2) is 0 Å². The van der Waals surface area contributed by atoms with Crippen molar-refractivity contribution in [1.29, 1.82) is 5.26 Å². The Morgan fingerprint density at radius 2 is 2.27 bits per heavy atom. The van der Waals surface area contributed by atoms with Crippen LogP contribution in [-0.4, -0.2) is 5.91 Å². The van der Waals surface area contributed by atoms with Gasteiger partial charge in [-0.25, -0.2) is 4.39 Å². The summed E-state index contributed by atoms with van der Waals surface area (Å²) in [5.74, 6) is 3.84. The van der Waals surface area contributed by atoms with E-state index in [9.17, 15) is 9.18 Å². The molecule has 0 bridgehead atoms. The van der Waals surface area contributed by atoms with E-state index in [0.717, 1.165) is 12.1 Å². The number of hydrogen-bond acceptors (Lipinski definition) is 2. The van der Waals surface area contributed by atoms with E-state index in [4.69, 9.17) is 11.0 Å². The molecular formula is C11H7FN2O. The van der Waals surface area contributed by atoms with Gasteiger partial charge in [-0.3, -0.25) is 4.79 Å². The van der Waals surface area contributed by atoms with Crippen molar-refractivity contribution in [1.82, 2.24) is 0 Å². The maximum Gasteiger partial charge on any atom is 0.249 e. The van der Waals surface area contributed by atoms with Crippen LogP contribution in [0, 0.1) is 29.0 Å². The molecule has 0 saturated heterocycles. The molecule has 0 aliphatic heterocycles. The fraction of sp³-hybridized carbons (Fsp3) is 0.0909. The van der Waals surface area contributed by atoms with Crippen molar-refractivity contribution in [2.75, 3.05) is 0 Å². The quantitative estimate of drug-likeness (QED) is 0.695. The molecule has 3 nitrogen and oxygen atoms in total. The summed E-state index contributed by atoms with van der Waals surface area (Å²) in [5.41, 5.74) is 5.44. The summed E-state index contributed by atoms with van der Waals surface area (Å²) in [7, 11) is 0. The molecular weight excluding hydrogens is 195 g/mol. The maximum atomic E-state index is 12.8. The molecule has 74 valence electrons. The normalized spacial score (nSPS) is 8.53. The van der Waals surface area contributed by atoms with Crippen LogP contribution in [0.4, 0.5) is 4.39 Å². The molecule has 1 rings (SSSR count). The van der Waals surface area contributed by atoms with Crippen LogP contribution in [0.3, 0.4) is 0 Å². The highest BCUT2D eigenvalue weighted by molar-refractivity contribution is 5.95. The standard InChI is InChI=1S/C11H7FN2O/c12-9-4-5-10(11(14)15)8(7-9)3-1-2-6-13/h4-5,7H,2H2,(H2,14,15). The van der Waals surface area contributed by atoms with Crippen molar-refractivity contribution in [3.8, 4) is 17.9 Å². The predicted molar refractivity (Wildman–Crippen MR) is 52.0 cm³/mol. The van der Waals surface area contributed by atoms with Crippen LogP contribution in [-0.2, 0) is 0 Å². The van der Waals surface area contributed by atoms with Crippen LogP contribution in [0.15, 0.2) is 18.2 Å². The van der Waals surface area contributed by atoms with Gasteiger partial charge in [0.05, 0.1) is 18.1 Å². The molecule has 0 radical (unpaired) electrons. The number of hydrogen-bond donors (Lipinski definition) is 1. The smallest absolute Gasteiger partial charge is 0.249 e. The maximum absolute atomic E-state index is 12.8. The lowest BCUT2D eigenvalue weighted by atomic mass is 10.1. The monoisotopic (exact) mass is 202 g/mol. The molecule has 0 heterocycles. The fourth-order valence-electron chi connectivity index (χ4n) is 1.01. The van der Waals surface area contributed by atoms with E-state index < -0.39 is 11.7 Å². The summed E-state index contributed by atoms with van der Waals surface area (Å²) in [6.45, 7) is 0. The topological polar surface area (TPSA) is 66.9 Å². The summed E-state index contributed by atoms with van der Waals surface area (Å²) in [4.78, 5) is 10.9. The van der Waals surface area contributed by atoms with Crippen LogP contribution >= 0.6 is 0 Å². The lowest BCUT2D eigenvalue weighted by Crippen LogP contribution is -2.12. The number of benzene rings is 1. The number of primary amides is 1. The second-order valence-corrected chi connectivity index (χ2v) is 2.69. The average molecular weight is 202 g/mol. The molecule has 1 aromatic rings. The Hall–Kier alpha value is -2.33. The molecule has 0 spiro atoms. The number of nitrogens with two attached hydrogens (primary N) is 1. The third-order valence-corrected chi connectivity index (χ3v) is 1.64. The van der Waals surface area contributed by atoms with Gasteiger partial charge in [-0.15, -0.1) is 0 Å². The van der Waals surface area contributed by atoms with Crippen molar-refractivity contribution in [2.45, 2.75) is 6.42 Å². The van der Waals surface area contributed by atoms with Gasteiger partial charge < -0.3 is 5.73 Å². The summed E-state index contributed by atoms with van der Waals surface area (Å²) < 4.78 is 12.8. The Morgan fingerprint density at radius 3 is 2.87 bits per heavy atom. The first-order chi connectivity index (χ1) is 7.15. The fourth-order valence-corrected chi connectivity index (χ4v) is 1.01. The van der Waals surface area contributed by atoms with Gasteiger partial charge in [0.25, 0.3) is 0 Å². The third kappa shape index (κ3) is 2.82. The van der Waals surface area contributed by atoms with Crippen molar-refractivity contribution < 1.29 is 9.18 Å². The number of carbonyl (C=O) groups excluding carboxylic acids is 1. The molecule has 0 aliphatic carbocycles. The lowest BCUT2D eigenvalue weighted by Gasteiger charge is -1.99. The zero-order valence-electron chi connectivity index (χ0n) is 7.75. The highest BCUT2D eigenvalue weighted by Crippen LogP contribution is 2.09. The average Bonchev–Trinajstić information content (AvgIpc) is 2.18. The second-order valence-electron chi connectivity index (χ2n) is 2.69. The van der Waals surface area contributed by atoms with Gasteiger partial charge in [0.1, 0.15) is 5.82 Å². The molecule has 1 aromatic carbocycles. The first kappa shape index (κ1) is 10.7. The Kier molecular flexibility index (Phi) is 3.43. The van der Waals surface area contributed by atoms with Crippen LogP contribution in [0.25, 0.3) is 0 Å². The number of halogens is 1. The molecule has 0 aliphatic rings. The number of rotatable bonds is 1. The number of nitriles is 1. The van der Waals surface area contributed by atoms with Gasteiger partial charge in [-0.2, -0.15) is 5.26 Å². The molecule has 1 amide bonds. The molecule has 0 atom stereocenters. The van der Waals surface area contributed by atoms with Gasteiger partial charge in [0, 0.05) is 5.56 Å². The van der Waals surface area contributed by atoms with E-state index in [2.05, 4.69) is 11.8 Å². The number of carbonyl (C=O) groups is 1. The molecule has 2 N–H and O–H groups in total. The molecule has 15 heavy (non-hydrogen) atoms. The highest BCUT2D eigenvalue weighted by Gasteiger charge is 2.06. The lowest BCUT2D eigenvalue weighted by molar-refractivity contribution is 0.1000. The van der Waals surface area contributed by atoms with E-state index in [0.29, 0.717) is 0 Å². The van der Waals surface area contributed by atoms with Crippen molar-refractivity contribution >= 4 is 5.91 Å². The van der Waals surface area contributed by atoms with E-state index >= 15 is 0 Å². The van der Waals surface area contributed by atoms with E-state index in [1.54, 1.807) is 0 Å². The zero-order valence-corrected chi connectivity index (χ0v) is 7.75. The second kappa shape index (κ2) is 4.78. The van der Waals surface area contributed by atoms with Crippen LogP contribution in [0.5, 0.6) is 0 Å². The predicted octanol–water partition coefficient (Wildman–Crippen LogP) is 1.19. The Bertz CT molecular complexity index is 492. The van der Waals surface area contributed by atoms with Gasteiger partial charge in [0.2, 0.25) is 5.91 Å². The highest BCUT2D eigenvalue weighted by atomic mass is 19.1. The van der Waals surface area contributed by atoms with E-state index in [1.807, 2.05) is 6.07 Å². The van der Waals surface area contributed by atoms with Crippen molar-refractivity contribution in [2.24, 2.45) is 5.73 Å². The summed E-state index contributed by atoms with van der Waals surface area (Å²) in [5, 5.41) is 8.26. The molecule has 0 unspecified atom stereocenters. The minimum absolute atomic E-state index is 0.0225. The summed E-state index contributed by atoms with van der Waals surface area (Å²) >= 11 is 0. The number of nitrogens with zero attached hydrogens (tertiary/aromatic N) is 1. The van der Waals surface area contributed by atoms with Crippen LogP contribution < -0.4 is 5.73 Å². The summed E-state index contributed by atoms with van der Waals surface area (Å²) in [6.07, 6.45) is 0.0225. The van der Waals surface area contributed by atoms with Crippen molar-refractivity contribution in [3.63, 3.8) is 0 Å². The molecule has 0 fully saturated rings. The minimum atomic E-state index is -0.670. The van der Waals surface area contributed by atoms with E-state index in [1.165, 1.54) is 6.07 Å². The van der Waals surface area contributed by atoms with Gasteiger partial charge in [-0.05, 0) is 18.2 Å². The van der Waals surface area contributed by atoms with Crippen molar-refractivity contribution in [3.05, 3.63) is 35.1 Å². The number of amides is 1. The Balaban J connectivity index is 3.16. The van der Waals surface area contributed by atoms with Gasteiger partial charge >= 0.3 is 0 Å². The van der Waals surface area contributed by atoms with Crippen LogP contribution in [0.1, 0.15) is 22.3 Å². The Labute approximate surface area is 86.3 Å². The minimum Gasteiger partial charge on any atom is -0.366 e. The van der Waals surface area contributed by atoms with Crippen LogP contribution in [0.2, 0.25) is 0 Å². The molecule has 0 saturated carbocycles. The first-order valence-corrected chi connectivity index (χ1v) is 4.10. The summed E-state index contributed by atoms with van der Waals surface area (Å²) in [6, 6.07) is 5.34. The molecule has 0 aromatic heterocycles.